The molecule has 0 aliphatic heterocycles. The lowest BCUT2D eigenvalue weighted by Gasteiger charge is -2.34. The molecule has 1 N–H and O–H groups in total. The Labute approximate surface area is 126 Å². The zero-order chi connectivity index (χ0) is 15.5. The highest BCUT2D eigenvalue weighted by Gasteiger charge is 2.42. The lowest BCUT2D eigenvalue weighted by Crippen LogP contribution is -2.31. The second kappa shape index (κ2) is 6.62. The molecule has 0 spiro atoms. The van der Waals surface area contributed by atoms with Crippen LogP contribution in [-0.4, -0.2) is 18.6 Å². The number of aromatic nitrogens is 1. The molecule has 0 bridgehead atoms. The van der Waals surface area contributed by atoms with Crippen LogP contribution in [0.15, 0.2) is 0 Å². The van der Waals surface area contributed by atoms with E-state index in [2.05, 4.69) is 10.3 Å². The van der Waals surface area contributed by atoms with Crippen LogP contribution < -0.4 is 5.32 Å². The Morgan fingerprint density at radius 3 is 2.48 bits per heavy atom. The SMILES string of the molecule is CCNCc1sc(C2(OC)CCCCC2)nc1C(F)(F)F. The summed E-state index contributed by atoms with van der Waals surface area (Å²) in [7, 11) is 1.57. The molecular formula is C14H21F3N2OS. The molecule has 1 fully saturated rings. The molecule has 1 aromatic rings. The predicted octanol–water partition coefficient (Wildman–Crippen LogP) is 4.08. The van der Waals surface area contributed by atoms with Crippen LogP contribution in [0.2, 0.25) is 0 Å². The molecule has 1 aliphatic rings. The molecule has 0 aromatic carbocycles. The fraction of sp³-hybridized carbons (Fsp3) is 0.786. The third-order valence-electron chi connectivity index (χ3n) is 3.94. The molecule has 0 saturated heterocycles. The molecule has 0 amide bonds. The number of methoxy groups -OCH3 is 1. The summed E-state index contributed by atoms with van der Waals surface area (Å²) in [6.45, 7) is 2.69. The molecule has 0 unspecified atom stereocenters. The van der Waals surface area contributed by atoms with E-state index in [-0.39, 0.29) is 11.4 Å². The van der Waals surface area contributed by atoms with E-state index in [1.807, 2.05) is 6.92 Å². The summed E-state index contributed by atoms with van der Waals surface area (Å²) >= 11 is 1.14. The second-order valence-corrected chi connectivity index (χ2v) is 6.41. The number of ether oxygens (including phenoxy) is 1. The highest BCUT2D eigenvalue weighted by molar-refractivity contribution is 7.11. The maximum absolute atomic E-state index is 13.2. The minimum absolute atomic E-state index is 0.197. The third-order valence-corrected chi connectivity index (χ3v) is 5.18. The minimum Gasteiger partial charge on any atom is -0.371 e. The molecule has 0 radical (unpaired) electrons. The quantitative estimate of drug-likeness (QED) is 0.887. The molecular weight excluding hydrogens is 301 g/mol. The van der Waals surface area contributed by atoms with E-state index in [0.717, 1.165) is 43.4 Å². The van der Waals surface area contributed by atoms with Gasteiger partial charge in [0.05, 0.1) is 4.88 Å². The first-order valence-corrected chi connectivity index (χ1v) is 8.08. The number of alkyl halides is 3. The number of hydrogen-bond acceptors (Lipinski definition) is 4. The first-order chi connectivity index (χ1) is 9.93. The van der Waals surface area contributed by atoms with Crippen LogP contribution in [0.3, 0.4) is 0 Å². The normalized spacial score (nSPS) is 18.9. The average Bonchev–Trinajstić information content (AvgIpc) is 2.90. The van der Waals surface area contributed by atoms with E-state index in [4.69, 9.17) is 4.74 Å². The average molecular weight is 322 g/mol. The zero-order valence-electron chi connectivity index (χ0n) is 12.3. The molecule has 1 heterocycles. The molecule has 3 nitrogen and oxygen atoms in total. The van der Waals surface area contributed by atoms with E-state index in [0.29, 0.717) is 11.6 Å². The van der Waals surface area contributed by atoms with Gasteiger partial charge in [-0.2, -0.15) is 13.2 Å². The first kappa shape index (κ1) is 16.7. The monoisotopic (exact) mass is 322 g/mol. The zero-order valence-corrected chi connectivity index (χ0v) is 13.2. The van der Waals surface area contributed by atoms with Crippen molar-refractivity contribution in [3.8, 4) is 0 Å². The van der Waals surface area contributed by atoms with Gasteiger partial charge in [0, 0.05) is 13.7 Å². The summed E-state index contributed by atoms with van der Waals surface area (Å²) in [4.78, 5) is 4.18. The molecule has 1 aromatic heterocycles. The fourth-order valence-corrected chi connectivity index (χ4v) is 4.03. The van der Waals surface area contributed by atoms with Crippen LogP contribution in [-0.2, 0) is 23.1 Å². The summed E-state index contributed by atoms with van der Waals surface area (Å²) in [6, 6.07) is 0. The van der Waals surface area contributed by atoms with Crippen molar-refractivity contribution < 1.29 is 17.9 Å². The van der Waals surface area contributed by atoms with Gasteiger partial charge in [-0.1, -0.05) is 26.2 Å². The molecule has 0 atom stereocenters. The highest BCUT2D eigenvalue weighted by Crippen LogP contribution is 2.44. The number of hydrogen-bond donors (Lipinski definition) is 1. The van der Waals surface area contributed by atoms with Crippen LogP contribution in [0.25, 0.3) is 0 Å². The Bertz CT molecular complexity index is 467. The van der Waals surface area contributed by atoms with Gasteiger partial charge < -0.3 is 10.1 Å². The number of nitrogens with one attached hydrogen (secondary N) is 1. The molecule has 1 saturated carbocycles. The summed E-state index contributed by atoms with van der Waals surface area (Å²) in [5, 5.41) is 3.43. The van der Waals surface area contributed by atoms with Gasteiger partial charge in [-0.25, -0.2) is 4.98 Å². The summed E-state index contributed by atoms with van der Waals surface area (Å²) in [5.74, 6) is 0. The molecule has 120 valence electrons. The van der Waals surface area contributed by atoms with Crippen LogP contribution in [0, 0.1) is 0 Å². The molecule has 2 rings (SSSR count). The molecule has 1 aliphatic carbocycles. The summed E-state index contributed by atoms with van der Waals surface area (Å²) < 4.78 is 45.1. The highest BCUT2D eigenvalue weighted by atomic mass is 32.1. The third kappa shape index (κ3) is 3.57. The van der Waals surface area contributed by atoms with Crippen molar-refractivity contribution >= 4 is 11.3 Å². The number of rotatable bonds is 5. The van der Waals surface area contributed by atoms with E-state index in [1.54, 1.807) is 7.11 Å². The van der Waals surface area contributed by atoms with Crippen molar-refractivity contribution in [1.29, 1.82) is 0 Å². The van der Waals surface area contributed by atoms with Crippen LogP contribution >= 0.6 is 11.3 Å². The van der Waals surface area contributed by atoms with Gasteiger partial charge in [0.25, 0.3) is 0 Å². The van der Waals surface area contributed by atoms with Gasteiger partial charge in [0.15, 0.2) is 5.69 Å². The number of nitrogens with zero attached hydrogens (tertiary/aromatic N) is 1. The Kier molecular flexibility index (Phi) is 5.27. The first-order valence-electron chi connectivity index (χ1n) is 7.26. The minimum atomic E-state index is -4.41. The smallest absolute Gasteiger partial charge is 0.371 e. The summed E-state index contributed by atoms with van der Waals surface area (Å²) in [6.07, 6.45) is 0.120. The van der Waals surface area contributed by atoms with Gasteiger partial charge >= 0.3 is 6.18 Å². The van der Waals surface area contributed by atoms with E-state index < -0.39 is 17.5 Å². The van der Waals surface area contributed by atoms with Crippen molar-refractivity contribution in [3.05, 3.63) is 15.6 Å². The van der Waals surface area contributed by atoms with Crippen molar-refractivity contribution in [2.24, 2.45) is 0 Å². The molecule has 7 heteroatoms. The van der Waals surface area contributed by atoms with E-state index in [1.165, 1.54) is 0 Å². The number of halogens is 3. The standard InChI is InChI=1S/C14H21F3N2OS/c1-3-18-9-10-11(14(15,16)17)19-12(21-10)13(20-2)7-5-4-6-8-13/h18H,3-9H2,1-2H3. The van der Waals surface area contributed by atoms with Gasteiger partial charge in [-0.3, -0.25) is 0 Å². The predicted molar refractivity (Wildman–Crippen MR) is 76.3 cm³/mol. The van der Waals surface area contributed by atoms with Gasteiger partial charge in [0.1, 0.15) is 10.6 Å². The van der Waals surface area contributed by atoms with Crippen LogP contribution in [0.4, 0.5) is 13.2 Å². The Hall–Kier alpha value is -0.660. The largest absolute Gasteiger partial charge is 0.434 e. The Morgan fingerprint density at radius 1 is 1.29 bits per heavy atom. The van der Waals surface area contributed by atoms with Crippen molar-refractivity contribution in [2.75, 3.05) is 13.7 Å². The maximum atomic E-state index is 13.2. The van der Waals surface area contributed by atoms with Crippen molar-refractivity contribution in [3.63, 3.8) is 0 Å². The van der Waals surface area contributed by atoms with E-state index in [9.17, 15) is 13.2 Å². The second-order valence-electron chi connectivity index (χ2n) is 5.33. The topological polar surface area (TPSA) is 34.1 Å². The molecule has 21 heavy (non-hydrogen) atoms. The van der Waals surface area contributed by atoms with E-state index >= 15 is 0 Å². The van der Waals surface area contributed by atoms with Crippen molar-refractivity contribution in [1.82, 2.24) is 10.3 Å². The Balaban J connectivity index is 2.37. The van der Waals surface area contributed by atoms with Crippen molar-refractivity contribution in [2.45, 2.75) is 57.3 Å². The van der Waals surface area contributed by atoms with Gasteiger partial charge in [0.2, 0.25) is 0 Å². The fourth-order valence-electron chi connectivity index (χ4n) is 2.75. The van der Waals surface area contributed by atoms with Gasteiger partial charge in [-0.05, 0) is 19.4 Å². The number of thiazole rings is 1. The summed E-state index contributed by atoms with van der Waals surface area (Å²) in [5.41, 5.74) is -1.39. The van der Waals surface area contributed by atoms with Gasteiger partial charge in [-0.15, -0.1) is 11.3 Å². The Morgan fingerprint density at radius 2 is 1.95 bits per heavy atom. The van der Waals surface area contributed by atoms with Crippen LogP contribution in [0.1, 0.15) is 54.6 Å². The van der Waals surface area contributed by atoms with Crippen LogP contribution in [0.5, 0.6) is 0 Å². The lowest BCUT2D eigenvalue weighted by molar-refractivity contribution is -0.141. The lowest BCUT2D eigenvalue weighted by atomic mass is 9.85. The maximum Gasteiger partial charge on any atom is 0.434 e.